The van der Waals surface area contributed by atoms with Gasteiger partial charge in [-0.05, 0) is 65.7 Å². The van der Waals surface area contributed by atoms with Crippen molar-refractivity contribution in [3.63, 3.8) is 0 Å². The van der Waals surface area contributed by atoms with Crippen molar-refractivity contribution in [2.75, 3.05) is 0 Å². The first-order chi connectivity index (χ1) is 23.8. The number of fused-ring (bicyclic) bond motifs is 6. The molecule has 7 aromatic carbocycles. The normalized spacial score (nSPS) is 11.3. The minimum atomic E-state index is 0.607. The third-order valence-corrected chi connectivity index (χ3v) is 9.41. The van der Waals surface area contributed by atoms with Gasteiger partial charge in [0.15, 0.2) is 0 Å². The van der Waals surface area contributed by atoms with Crippen molar-refractivity contribution in [3.05, 3.63) is 169 Å². The van der Waals surface area contributed by atoms with Crippen molar-refractivity contribution in [2.45, 2.75) is 0 Å². The Kier molecular flexibility index (Phi) is 6.22. The second-order valence-corrected chi connectivity index (χ2v) is 11.9. The van der Waals surface area contributed by atoms with Crippen molar-refractivity contribution < 1.29 is 0 Å². The van der Waals surface area contributed by atoms with E-state index in [0.29, 0.717) is 11.1 Å². The molecule has 0 radical (unpaired) electrons. The number of nitrogens with zero attached hydrogens (tertiary/aromatic N) is 4. The number of para-hydroxylation sites is 4. The van der Waals surface area contributed by atoms with Crippen LogP contribution in [-0.4, -0.2) is 9.13 Å². The SMILES string of the molecule is N#Cc1cccc(-c2ccccc2-n2c3ccccc3c3ccccc32)c1-c1cccc(-n2c3ccccc3c3c(C#N)cccc32)c1. The molecule has 2 heterocycles. The molecule has 0 aliphatic carbocycles. The second kappa shape index (κ2) is 10.9. The highest BCUT2D eigenvalue weighted by molar-refractivity contribution is 6.12. The number of aromatic nitrogens is 2. The van der Waals surface area contributed by atoms with Gasteiger partial charge in [0.1, 0.15) is 0 Å². The van der Waals surface area contributed by atoms with Gasteiger partial charge in [-0.25, -0.2) is 0 Å². The molecule has 4 heteroatoms. The van der Waals surface area contributed by atoms with Gasteiger partial charge in [0.25, 0.3) is 0 Å². The molecule has 4 nitrogen and oxygen atoms in total. The van der Waals surface area contributed by atoms with Gasteiger partial charge in [0.05, 0.1) is 51.0 Å². The molecule has 2 aromatic heterocycles. The van der Waals surface area contributed by atoms with Gasteiger partial charge in [0.2, 0.25) is 0 Å². The van der Waals surface area contributed by atoms with Crippen LogP contribution in [0, 0.1) is 22.7 Å². The zero-order chi connectivity index (χ0) is 32.2. The average molecular weight is 611 g/mol. The van der Waals surface area contributed by atoms with E-state index >= 15 is 0 Å². The molecule has 0 aliphatic rings. The monoisotopic (exact) mass is 610 g/mol. The van der Waals surface area contributed by atoms with Crippen LogP contribution in [0.1, 0.15) is 11.1 Å². The van der Waals surface area contributed by atoms with E-state index in [9.17, 15) is 10.5 Å². The summed E-state index contributed by atoms with van der Waals surface area (Å²) in [5.74, 6) is 0. The van der Waals surface area contributed by atoms with Gasteiger partial charge in [0, 0.05) is 38.4 Å². The maximum atomic E-state index is 10.5. The summed E-state index contributed by atoms with van der Waals surface area (Å²) in [4.78, 5) is 0. The third kappa shape index (κ3) is 4.01. The Bertz CT molecular complexity index is 2760. The summed E-state index contributed by atoms with van der Waals surface area (Å²) in [5.41, 5.74) is 11.4. The maximum Gasteiger partial charge on any atom is 0.0998 e. The molecular weight excluding hydrogens is 585 g/mol. The third-order valence-electron chi connectivity index (χ3n) is 9.41. The summed E-state index contributed by atoms with van der Waals surface area (Å²) >= 11 is 0. The van der Waals surface area contributed by atoms with Crippen molar-refractivity contribution in [1.29, 1.82) is 10.5 Å². The van der Waals surface area contributed by atoms with Gasteiger partial charge in [-0.2, -0.15) is 10.5 Å². The number of rotatable bonds is 4. The Balaban J connectivity index is 1.30. The number of hydrogen-bond donors (Lipinski definition) is 0. The van der Waals surface area contributed by atoms with E-state index in [-0.39, 0.29) is 0 Å². The van der Waals surface area contributed by atoms with Crippen LogP contribution in [0.25, 0.3) is 77.2 Å². The van der Waals surface area contributed by atoms with Crippen LogP contribution in [0.2, 0.25) is 0 Å². The first kappa shape index (κ1) is 27.4. The first-order valence-electron chi connectivity index (χ1n) is 15.9. The molecule has 0 fully saturated rings. The van der Waals surface area contributed by atoms with Crippen molar-refractivity contribution >= 4 is 43.6 Å². The minimum Gasteiger partial charge on any atom is -0.309 e. The van der Waals surface area contributed by atoms with Crippen LogP contribution in [0.15, 0.2) is 158 Å². The molecular formula is C44H26N4. The summed E-state index contributed by atoms with van der Waals surface area (Å²) < 4.78 is 4.56. The fraction of sp³-hybridized carbons (Fsp3) is 0. The maximum absolute atomic E-state index is 10.5. The Morgan fingerprint density at radius 1 is 0.417 bits per heavy atom. The zero-order valence-electron chi connectivity index (χ0n) is 25.8. The number of hydrogen-bond acceptors (Lipinski definition) is 2. The molecule has 0 bridgehead atoms. The molecule has 9 aromatic rings. The summed E-state index contributed by atoms with van der Waals surface area (Å²) in [5, 5.41) is 24.9. The van der Waals surface area contributed by atoms with E-state index < -0.39 is 0 Å². The lowest BCUT2D eigenvalue weighted by atomic mass is 9.90. The number of benzene rings is 7. The van der Waals surface area contributed by atoms with Crippen LogP contribution in [0.4, 0.5) is 0 Å². The van der Waals surface area contributed by atoms with Gasteiger partial charge in [-0.3, -0.25) is 0 Å². The average Bonchev–Trinajstić information content (AvgIpc) is 3.68. The Labute approximate surface area is 277 Å². The summed E-state index contributed by atoms with van der Waals surface area (Å²) in [6, 6.07) is 58.9. The Morgan fingerprint density at radius 3 is 1.69 bits per heavy atom. The standard InChI is InChI=1S/C44H26N4/c45-27-30-13-10-20-36(35-18-3-7-23-40(35)48-38-21-5-1-16-33(38)34-17-2-6-22-39(34)48)43(30)29-12-9-15-32(26-29)47-41-24-8-4-19-37(41)44-31(28-46)14-11-25-42(44)47/h1-26H. The molecule has 0 aliphatic heterocycles. The quantitative estimate of drug-likeness (QED) is 0.199. The van der Waals surface area contributed by atoms with Crippen molar-refractivity contribution in [3.8, 4) is 45.8 Å². The van der Waals surface area contributed by atoms with E-state index in [4.69, 9.17) is 0 Å². The predicted molar refractivity (Wildman–Crippen MR) is 195 cm³/mol. The molecule has 9 rings (SSSR count). The fourth-order valence-corrected chi connectivity index (χ4v) is 7.45. The van der Waals surface area contributed by atoms with Gasteiger partial charge in [-0.1, -0.05) is 103 Å². The summed E-state index contributed by atoms with van der Waals surface area (Å²) in [6.07, 6.45) is 0. The topological polar surface area (TPSA) is 57.4 Å². The molecule has 0 spiro atoms. The predicted octanol–water partition coefficient (Wildman–Crippen LogP) is 11.0. The molecule has 0 amide bonds. The van der Waals surface area contributed by atoms with E-state index in [0.717, 1.165) is 66.5 Å². The second-order valence-electron chi connectivity index (χ2n) is 11.9. The highest BCUT2D eigenvalue weighted by Gasteiger charge is 2.20. The lowest BCUT2D eigenvalue weighted by molar-refractivity contribution is 1.18. The fourth-order valence-electron chi connectivity index (χ4n) is 7.45. The summed E-state index contributed by atoms with van der Waals surface area (Å²) in [6.45, 7) is 0. The van der Waals surface area contributed by atoms with Crippen molar-refractivity contribution in [2.24, 2.45) is 0 Å². The van der Waals surface area contributed by atoms with Crippen molar-refractivity contribution in [1.82, 2.24) is 9.13 Å². The molecule has 222 valence electrons. The van der Waals surface area contributed by atoms with Gasteiger partial charge < -0.3 is 9.13 Å². The van der Waals surface area contributed by atoms with Crippen LogP contribution in [0.3, 0.4) is 0 Å². The van der Waals surface area contributed by atoms with Crippen LogP contribution in [0.5, 0.6) is 0 Å². The van der Waals surface area contributed by atoms with E-state index in [1.807, 2.05) is 36.4 Å². The molecule has 0 unspecified atom stereocenters. The molecule has 0 saturated carbocycles. The van der Waals surface area contributed by atoms with E-state index in [1.54, 1.807) is 0 Å². The van der Waals surface area contributed by atoms with Crippen LogP contribution >= 0.6 is 0 Å². The minimum absolute atomic E-state index is 0.607. The molecule has 48 heavy (non-hydrogen) atoms. The molecule has 0 saturated heterocycles. The van der Waals surface area contributed by atoms with Crippen LogP contribution < -0.4 is 0 Å². The van der Waals surface area contributed by atoms with Crippen LogP contribution in [-0.2, 0) is 0 Å². The first-order valence-corrected chi connectivity index (χ1v) is 15.9. The smallest absolute Gasteiger partial charge is 0.0998 e. The highest BCUT2D eigenvalue weighted by Crippen LogP contribution is 2.42. The zero-order valence-corrected chi connectivity index (χ0v) is 25.8. The Hall–Kier alpha value is -6.88. The lowest BCUT2D eigenvalue weighted by Crippen LogP contribution is -1.99. The lowest BCUT2D eigenvalue weighted by Gasteiger charge is -2.18. The molecule has 0 atom stereocenters. The van der Waals surface area contributed by atoms with E-state index in [2.05, 4.69) is 143 Å². The van der Waals surface area contributed by atoms with Gasteiger partial charge >= 0.3 is 0 Å². The van der Waals surface area contributed by atoms with Gasteiger partial charge in [-0.15, -0.1) is 0 Å². The Morgan fingerprint density at radius 2 is 0.958 bits per heavy atom. The highest BCUT2D eigenvalue weighted by atomic mass is 15.0. The molecule has 0 N–H and O–H groups in total. The summed E-state index contributed by atoms with van der Waals surface area (Å²) in [7, 11) is 0. The van der Waals surface area contributed by atoms with E-state index in [1.165, 1.54) is 10.8 Å². The number of nitriles is 2. The largest absolute Gasteiger partial charge is 0.309 e.